The highest BCUT2D eigenvalue weighted by molar-refractivity contribution is 5.73. The number of carboxylic acid groups (broad SMARTS) is 1. The highest BCUT2D eigenvalue weighted by Gasteiger charge is 2.28. The van der Waals surface area contributed by atoms with E-state index in [4.69, 9.17) is 9.84 Å². The maximum atomic E-state index is 11.1. The normalized spacial score (nSPS) is 23.7. The van der Waals surface area contributed by atoms with Gasteiger partial charge in [-0.05, 0) is 32.2 Å². The van der Waals surface area contributed by atoms with Gasteiger partial charge in [-0.3, -0.25) is 9.69 Å². The summed E-state index contributed by atoms with van der Waals surface area (Å²) in [6.07, 6.45) is 3.58. The molecule has 0 spiro atoms. The van der Waals surface area contributed by atoms with Crippen LogP contribution in [-0.4, -0.2) is 48.3 Å². The minimum absolute atomic E-state index is 0.117. The van der Waals surface area contributed by atoms with Crippen LogP contribution >= 0.6 is 0 Å². The van der Waals surface area contributed by atoms with Crippen LogP contribution in [0.2, 0.25) is 0 Å². The molecule has 1 heterocycles. The van der Waals surface area contributed by atoms with Crippen LogP contribution < -0.4 is 0 Å². The Morgan fingerprint density at radius 2 is 2.19 bits per heavy atom. The van der Waals surface area contributed by atoms with Crippen molar-refractivity contribution >= 4 is 5.97 Å². The molecule has 0 aliphatic carbocycles. The van der Waals surface area contributed by atoms with Crippen molar-refractivity contribution in [2.45, 2.75) is 45.3 Å². The zero-order valence-electron chi connectivity index (χ0n) is 10.5. The highest BCUT2D eigenvalue weighted by atomic mass is 16.5. The van der Waals surface area contributed by atoms with Crippen LogP contribution in [0.4, 0.5) is 0 Å². The third kappa shape index (κ3) is 3.76. The molecule has 1 aliphatic heterocycles. The molecule has 0 aromatic carbocycles. The Hall–Kier alpha value is -0.610. The average molecular weight is 229 g/mol. The lowest BCUT2D eigenvalue weighted by Crippen LogP contribution is -2.46. The first kappa shape index (κ1) is 13.5. The van der Waals surface area contributed by atoms with Crippen molar-refractivity contribution in [3.05, 3.63) is 0 Å². The average Bonchev–Trinajstić information content (AvgIpc) is 2.17. The van der Waals surface area contributed by atoms with Crippen molar-refractivity contribution in [3.8, 4) is 0 Å². The Labute approximate surface area is 97.6 Å². The van der Waals surface area contributed by atoms with Crippen LogP contribution in [-0.2, 0) is 9.53 Å². The van der Waals surface area contributed by atoms with Crippen molar-refractivity contribution in [3.63, 3.8) is 0 Å². The van der Waals surface area contributed by atoms with Crippen molar-refractivity contribution in [2.75, 3.05) is 20.2 Å². The van der Waals surface area contributed by atoms with Crippen LogP contribution in [0.3, 0.4) is 0 Å². The van der Waals surface area contributed by atoms with Crippen LogP contribution in [0.15, 0.2) is 0 Å². The molecule has 0 amide bonds. The number of rotatable bonds is 5. The quantitative estimate of drug-likeness (QED) is 0.778. The molecule has 2 unspecified atom stereocenters. The third-order valence-corrected chi connectivity index (χ3v) is 3.12. The van der Waals surface area contributed by atoms with Gasteiger partial charge in [-0.1, -0.05) is 13.8 Å². The lowest BCUT2D eigenvalue weighted by Gasteiger charge is -2.32. The van der Waals surface area contributed by atoms with Gasteiger partial charge in [-0.25, -0.2) is 0 Å². The van der Waals surface area contributed by atoms with Gasteiger partial charge < -0.3 is 9.84 Å². The summed E-state index contributed by atoms with van der Waals surface area (Å²) in [6.45, 7) is 5.42. The monoisotopic (exact) mass is 229 g/mol. The summed E-state index contributed by atoms with van der Waals surface area (Å²) in [5.74, 6) is -0.626. The van der Waals surface area contributed by atoms with Gasteiger partial charge in [0.05, 0.1) is 6.10 Å². The van der Waals surface area contributed by atoms with Crippen molar-refractivity contribution in [1.82, 2.24) is 4.90 Å². The molecule has 4 heteroatoms. The second-order valence-electron chi connectivity index (χ2n) is 4.96. The lowest BCUT2D eigenvalue weighted by atomic mass is 10.0. The predicted octanol–water partition coefficient (Wildman–Crippen LogP) is 1.60. The molecule has 0 saturated carbocycles. The second kappa shape index (κ2) is 6.21. The third-order valence-electron chi connectivity index (χ3n) is 3.12. The number of hydrogen-bond acceptors (Lipinski definition) is 3. The number of nitrogens with zero attached hydrogens (tertiary/aromatic N) is 1. The number of hydrogen-bond donors (Lipinski definition) is 1. The predicted molar refractivity (Wildman–Crippen MR) is 62.5 cm³/mol. The fraction of sp³-hybridized carbons (Fsp3) is 0.917. The van der Waals surface area contributed by atoms with Gasteiger partial charge in [0.15, 0.2) is 0 Å². The molecular formula is C12H23NO3. The smallest absolute Gasteiger partial charge is 0.321 e. The van der Waals surface area contributed by atoms with E-state index in [-0.39, 0.29) is 12.0 Å². The highest BCUT2D eigenvalue weighted by Crippen LogP contribution is 2.16. The van der Waals surface area contributed by atoms with Crippen LogP contribution in [0.25, 0.3) is 0 Å². The molecule has 0 aromatic heterocycles. The Bertz CT molecular complexity index is 224. The van der Waals surface area contributed by atoms with E-state index >= 15 is 0 Å². The molecule has 1 fully saturated rings. The van der Waals surface area contributed by atoms with E-state index in [1.54, 1.807) is 0 Å². The van der Waals surface area contributed by atoms with Crippen LogP contribution in [0.5, 0.6) is 0 Å². The number of likely N-dealkylation sites (N-methyl/N-ethyl adjacent to an activating group) is 1. The van der Waals surface area contributed by atoms with Gasteiger partial charge >= 0.3 is 5.97 Å². The van der Waals surface area contributed by atoms with E-state index in [9.17, 15) is 4.79 Å². The topological polar surface area (TPSA) is 49.8 Å². The molecule has 1 saturated heterocycles. The maximum absolute atomic E-state index is 11.1. The minimum Gasteiger partial charge on any atom is -0.480 e. The van der Waals surface area contributed by atoms with Crippen molar-refractivity contribution in [1.29, 1.82) is 0 Å². The van der Waals surface area contributed by atoms with Gasteiger partial charge in [0, 0.05) is 13.2 Å². The SMILES string of the molecule is CC(C)C(C(=O)O)N(C)CC1CCCCO1. The largest absolute Gasteiger partial charge is 0.480 e. The molecule has 0 radical (unpaired) electrons. The Kier molecular flexibility index (Phi) is 5.22. The minimum atomic E-state index is -0.742. The van der Waals surface area contributed by atoms with E-state index in [0.717, 1.165) is 26.0 Å². The summed E-state index contributed by atoms with van der Waals surface area (Å²) in [6, 6.07) is -0.412. The summed E-state index contributed by atoms with van der Waals surface area (Å²) in [5.41, 5.74) is 0. The van der Waals surface area contributed by atoms with Gasteiger partial charge in [0.2, 0.25) is 0 Å². The molecule has 0 bridgehead atoms. The number of carbonyl (C=O) groups is 1. The molecule has 0 aromatic rings. The van der Waals surface area contributed by atoms with E-state index in [2.05, 4.69) is 0 Å². The van der Waals surface area contributed by atoms with Gasteiger partial charge in [-0.15, -0.1) is 0 Å². The Morgan fingerprint density at radius 1 is 1.50 bits per heavy atom. The van der Waals surface area contributed by atoms with E-state index in [0.29, 0.717) is 0 Å². The molecule has 1 aliphatic rings. The Morgan fingerprint density at radius 3 is 2.62 bits per heavy atom. The van der Waals surface area contributed by atoms with Crippen LogP contribution in [0, 0.1) is 5.92 Å². The zero-order chi connectivity index (χ0) is 12.1. The van der Waals surface area contributed by atoms with E-state index < -0.39 is 12.0 Å². The van der Waals surface area contributed by atoms with Gasteiger partial charge in [0.25, 0.3) is 0 Å². The van der Waals surface area contributed by atoms with Crippen molar-refractivity contribution in [2.24, 2.45) is 5.92 Å². The summed E-state index contributed by atoms with van der Waals surface area (Å²) >= 11 is 0. The number of aliphatic carboxylic acids is 1. The van der Waals surface area contributed by atoms with E-state index in [1.807, 2.05) is 25.8 Å². The zero-order valence-corrected chi connectivity index (χ0v) is 10.5. The standard InChI is InChI=1S/C12H23NO3/c1-9(2)11(12(14)15)13(3)8-10-6-4-5-7-16-10/h9-11H,4-8H2,1-3H3,(H,14,15). The van der Waals surface area contributed by atoms with Crippen LogP contribution in [0.1, 0.15) is 33.1 Å². The number of ether oxygens (including phenoxy) is 1. The molecule has 1 rings (SSSR count). The molecule has 16 heavy (non-hydrogen) atoms. The molecule has 2 atom stereocenters. The fourth-order valence-corrected chi connectivity index (χ4v) is 2.37. The summed E-state index contributed by atoms with van der Waals surface area (Å²) in [5, 5.41) is 9.16. The van der Waals surface area contributed by atoms with Gasteiger partial charge in [-0.2, -0.15) is 0 Å². The molecule has 94 valence electrons. The first-order valence-electron chi connectivity index (χ1n) is 6.07. The molecular weight excluding hydrogens is 206 g/mol. The first-order chi connectivity index (χ1) is 7.52. The fourth-order valence-electron chi connectivity index (χ4n) is 2.37. The molecule has 1 N–H and O–H groups in total. The van der Waals surface area contributed by atoms with Crippen molar-refractivity contribution < 1.29 is 14.6 Å². The van der Waals surface area contributed by atoms with Gasteiger partial charge in [0.1, 0.15) is 6.04 Å². The first-order valence-corrected chi connectivity index (χ1v) is 6.07. The second-order valence-corrected chi connectivity index (χ2v) is 4.96. The number of carboxylic acids is 1. The Balaban J connectivity index is 2.47. The molecule has 4 nitrogen and oxygen atoms in total. The summed E-state index contributed by atoms with van der Waals surface area (Å²) in [4.78, 5) is 13.0. The summed E-state index contributed by atoms with van der Waals surface area (Å²) in [7, 11) is 1.87. The van der Waals surface area contributed by atoms with E-state index in [1.165, 1.54) is 6.42 Å². The summed E-state index contributed by atoms with van der Waals surface area (Å²) < 4.78 is 5.62. The lowest BCUT2D eigenvalue weighted by molar-refractivity contribution is -0.145. The maximum Gasteiger partial charge on any atom is 0.321 e.